The number of benzene rings is 1. The van der Waals surface area contributed by atoms with Crippen LogP contribution in [0.2, 0.25) is 0 Å². The lowest BCUT2D eigenvalue weighted by Gasteiger charge is -1.99. The largest absolute Gasteiger partial charge is 0.332 e. The summed E-state index contributed by atoms with van der Waals surface area (Å²) in [5.74, 6) is 0.0438. The molecular formula is C11H6FIN4O2. The first-order valence-corrected chi connectivity index (χ1v) is 6.30. The van der Waals surface area contributed by atoms with Gasteiger partial charge in [0.1, 0.15) is 17.2 Å². The number of halogens is 2. The van der Waals surface area contributed by atoms with Crippen LogP contribution in [0.4, 0.5) is 4.39 Å². The van der Waals surface area contributed by atoms with Gasteiger partial charge in [0.15, 0.2) is 5.65 Å². The summed E-state index contributed by atoms with van der Waals surface area (Å²) in [6, 6.07) is 4.22. The van der Waals surface area contributed by atoms with Crippen LogP contribution in [0.1, 0.15) is 0 Å². The van der Waals surface area contributed by atoms with Crippen molar-refractivity contribution in [2.75, 3.05) is 0 Å². The van der Waals surface area contributed by atoms with Crippen molar-refractivity contribution >= 4 is 33.8 Å². The van der Waals surface area contributed by atoms with Crippen molar-refractivity contribution in [3.05, 3.63) is 48.4 Å². The Labute approximate surface area is 118 Å². The summed E-state index contributed by atoms with van der Waals surface area (Å²) in [6.45, 7) is 0. The Balaban J connectivity index is 2.29. The Morgan fingerprint density at radius 3 is 2.68 bits per heavy atom. The third-order valence-electron chi connectivity index (χ3n) is 2.58. The van der Waals surface area contributed by atoms with Gasteiger partial charge in [-0.2, -0.15) is 0 Å². The fraction of sp³-hybridized carbons (Fsp3) is 0. The molecule has 2 aromatic heterocycles. The van der Waals surface area contributed by atoms with Gasteiger partial charge in [0, 0.05) is 9.13 Å². The Bertz CT molecular complexity index is 896. The number of imidazole rings is 1. The first-order valence-electron chi connectivity index (χ1n) is 5.22. The Morgan fingerprint density at radius 2 is 1.95 bits per heavy atom. The molecule has 0 aliphatic carbocycles. The number of rotatable bonds is 1. The van der Waals surface area contributed by atoms with Gasteiger partial charge in [0.2, 0.25) is 0 Å². The number of hydrogen-bond donors (Lipinski definition) is 3. The second-order valence-electron chi connectivity index (χ2n) is 3.84. The van der Waals surface area contributed by atoms with E-state index >= 15 is 0 Å². The molecule has 96 valence electrons. The van der Waals surface area contributed by atoms with Crippen LogP contribution < -0.4 is 11.2 Å². The van der Waals surface area contributed by atoms with Gasteiger partial charge in [-0.1, -0.05) is 0 Å². The molecule has 6 nitrogen and oxygen atoms in total. The zero-order valence-electron chi connectivity index (χ0n) is 9.25. The number of H-pyrrole nitrogens is 3. The van der Waals surface area contributed by atoms with Crippen molar-refractivity contribution in [3.8, 4) is 11.4 Å². The molecule has 1 aromatic carbocycles. The highest BCUT2D eigenvalue weighted by atomic mass is 127. The highest BCUT2D eigenvalue weighted by molar-refractivity contribution is 14.1. The van der Waals surface area contributed by atoms with E-state index in [0.29, 0.717) is 15.0 Å². The molecule has 0 atom stereocenters. The highest BCUT2D eigenvalue weighted by Gasteiger charge is 2.12. The van der Waals surface area contributed by atoms with Crippen molar-refractivity contribution in [1.29, 1.82) is 0 Å². The molecule has 3 N–H and O–H groups in total. The molecule has 0 amide bonds. The van der Waals surface area contributed by atoms with Crippen LogP contribution in [-0.2, 0) is 0 Å². The minimum absolute atomic E-state index is 0.170. The molecular weight excluding hydrogens is 366 g/mol. The summed E-state index contributed by atoms with van der Waals surface area (Å²) in [6.07, 6.45) is 0. The molecule has 0 fully saturated rings. The smallest absolute Gasteiger partial charge is 0.327 e. The molecule has 0 unspecified atom stereocenters. The predicted molar refractivity (Wildman–Crippen MR) is 75.4 cm³/mol. The maximum atomic E-state index is 13.0. The van der Waals surface area contributed by atoms with Gasteiger partial charge in [-0.3, -0.25) is 14.8 Å². The average Bonchev–Trinajstić information content (AvgIpc) is 2.72. The number of nitrogens with zero attached hydrogens (tertiary/aromatic N) is 1. The summed E-state index contributed by atoms with van der Waals surface area (Å²) in [4.78, 5) is 34.2. The van der Waals surface area contributed by atoms with E-state index in [1.165, 1.54) is 12.1 Å². The highest BCUT2D eigenvalue weighted by Crippen LogP contribution is 2.24. The van der Waals surface area contributed by atoms with Crippen LogP contribution in [-0.4, -0.2) is 19.9 Å². The molecule has 3 rings (SSSR count). The molecule has 0 saturated carbocycles. The molecule has 3 aromatic rings. The molecule has 19 heavy (non-hydrogen) atoms. The first kappa shape index (κ1) is 12.1. The fourth-order valence-electron chi connectivity index (χ4n) is 1.74. The third kappa shape index (κ3) is 2.07. The summed E-state index contributed by atoms with van der Waals surface area (Å²) in [5.41, 5.74) is -0.170. The molecule has 0 aliphatic heterocycles. The van der Waals surface area contributed by atoms with Gasteiger partial charge in [-0.25, -0.2) is 14.2 Å². The van der Waals surface area contributed by atoms with Crippen LogP contribution in [0.5, 0.6) is 0 Å². The standard InChI is InChI=1S/C11H6FIN4O2/c12-4-1-2-5(6(13)3-4)8-14-7-9(15-8)16-11(19)17-10(7)18/h1-3H,(H3,14,15,16,17,18,19). The van der Waals surface area contributed by atoms with Gasteiger partial charge in [0.05, 0.1) is 0 Å². The first-order chi connectivity index (χ1) is 9.04. The lowest BCUT2D eigenvalue weighted by molar-refractivity contribution is 0.627. The number of fused-ring (bicyclic) bond motifs is 1. The summed E-state index contributed by atoms with van der Waals surface area (Å²) in [7, 11) is 0. The molecule has 0 saturated heterocycles. The molecule has 0 bridgehead atoms. The topological polar surface area (TPSA) is 94.4 Å². The molecule has 2 heterocycles. The van der Waals surface area contributed by atoms with E-state index in [1.807, 2.05) is 22.6 Å². The van der Waals surface area contributed by atoms with E-state index in [0.717, 1.165) is 0 Å². The molecule has 0 radical (unpaired) electrons. The maximum absolute atomic E-state index is 13.0. The van der Waals surface area contributed by atoms with Gasteiger partial charge >= 0.3 is 5.69 Å². The fourth-order valence-corrected chi connectivity index (χ4v) is 2.47. The average molecular weight is 372 g/mol. The zero-order chi connectivity index (χ0) is 13.6. The van der Waals surface area contributed by atoms with Crippen LogP contribution in [0.15, 0.2) is 27.8 Å². The van der Waals surface area contributed by atoms with Gasteiger partial charge in [-0.05, 0) is 40.8 Å². The van der Waals surface area contributed by atoms with Crippen molar-refractivity contribution in [2.24, 2.45) is 0 Å². The number of hydrogen-bond acceptors (Lipinski definition) is 3. The lowest BCUT2D eigenvalue weighted by Crippen LogP contribution is -2.21. The van der Waals surface area contributed by atoms with E-state index in [2.05, 4.69) is 19.9 Å². The van der Waals surface area contributed by atoms with Crippen molar-refractivity contribution in [3.63, 3.8) is 0 Å². The normalized spacial score (nSPS) is 11.1. The monoisotopic (exact) mass is 372 g/mol. The van der Waals surface area contributed by atoms with Crippen molar-refractivity contribution < 1.29 is 4.39 Å². The second kappa shape index (κ2) is 4.30. The molecule has 0 spiro atoms. The summed E-state index contributed by atoms with van der Waals surface area (Å²) >= 11 is 1.97. The second-order valence-corrected chi connectivity index (χ2v) is 5.00. The van der Waals surface area contributed by atoms with Gasteiger partial charge in [-0.15, -0.1) is 0 Å². The lowest BCUT2D eigenvalue weighted by atomic mass is 10.2. The van der Waals surface area contributed by atoms with Crippen LogP contribution >= 0.6 is 22.6 Å². The number of aromatic nitrogens is 4. The SMILES string of the molecule is O=c1[nH]c(=O)c2[nH]c(-c3ccc(F)cc3I)nc2[nH]1. The quantitative estimate of drug-likeness (QED) is 0.563. The Morgan fingerprint density at radius 1 is 1.16 bits per heavy atom. The summed E-state index contributed by atoms with van der Waals surface area (Å²) in [5, 5.41) is 0. The van der Waals surface area contributed by atoms with Gasteiger partial charge < -0.3 is 4.98 Å². The third-order valence-corrected chi connectivity index (χ3v) is 3.47. The number of aromatic amines is 3. The van der Waals surface area contributed by atoms with E-state index < -0.39 is 11.2 Å². The minimum atomic E-state index is -0.621. The summed E-state index contributed by atoms with van der Waals surface area (Å²) < 4.78 is 13.7. The van der Waals surface area contributed by atoms with Crippen molar-refractivity contribution in [2.45, 2.75) is 0 Å². The van der Waals surface area contributed by atoms with E-state index in [-0.39, 0.29) is 17.0 Å². The van der Waals surface area contributed by atoms with Crippen molar-refractivity contribution in [1.82, 2.24) is 19.9 Å². The van der Waals surface area contributed by atoms with Gasteiger partial charge in [0.25, 0.3) is 5.56 Å². The van der Waals surface area contributed by atoms with E-state index in [9.17, 15) is 14.0 Å². The van der Waals surface area contributed by atoms with Crippen LogP contribution in [0, 0.1) is 9.39 Å². The minimum Gasteiger partial charge on any atom is -0.332 e. The van der Waals surface area contributed by atoms with E-state index in [4.69, 9.17) is 0 Å². The predicted octanol–water partition coefficient (Wildman–Crippen LogP) is 1.35. The van der Waals surface area contributed by atoms with E-state index in [1.54, 1.807) is 6.07 Å². The number of nitrogens with one attached hydrogen (secondary N) is 3. The molecule has 8 heteroatoms. The Hall–Kier alpha value is -1.97. The Kier molecular flexibility index (Phi) is 2.73. The maximum Gasteiger partial charge on any atom is 0.327 e. The molecule has 0 aliphatic rings. The van der Waals surface area contributed by atoms with Crippen LogP contribution in [0.3, 0.4) is 0 Å². The van der Waals surface area contributed by atoms with Crippen LogP contribution in [0.25, 0.3) is 22.6 Å². The zero-order valence-corrected chi connectivity index (χ0v) is 11.4.